The van der Waals surface area contributed by atoms with Gasteiger partial charge in [-0.1, -0.05) is 36.4 Å². The van der Waals surface area contributed by atoms with E-state index in [9.17, 15) is 4.39 Å². The zero-order valence-corrected chi connectivity index (χ0v) is 15.4. The average Bonchev–Trinajstić information content (AvgIpc) is 2.97. The zero-order valence-electron chi connectivity index (χ0n) is 14.6. The van der Waals surface area contributed by atoms with Gasteiger partial charge in [-0.05, 0) is 31.2 Å². The Morgan fingerprint density at radius 3 is 2.81 bits per heavy atom. The number of hydrogen-bond acceptors (Lipinski definition) is 4. The Bertz CT molecular complexity index is 1070. The van der Waals surface area contributed by atoms with Crippen molar-refractivity contribution in [2.75, 3.05) is 0 Å². The molecule has 0 atom stereocenters. The predicted octanol–water partition coefficient (Wildman–Crippen LogP) is 4.46. The van der Waals surface area contributed by atoms with Crippen molar-refractivity contribution in [1.29, 1.82) is 0 Å². The van der Waals surface area contributed by atoms with Gasteiger partial charge in [-0.2, -0.15) is 0 Å². The Hall–Kier alpha value is -2.99. The van der Waals surface area contributed by atoms with Gasteiger partial charge in [-0.25, -0.2) is 4.39 Å². The second-order valence-corrected chi connectivity index (χ2v) is 6.57. The van der Waals surface area contributed by atoms with E-state index >= 15 is 0 Å². The van der Waals surface area contributed by atoms with Crippen molar-refractivity contribution in [3.8, 4) is 5.69 Å². The van der Waals surface area contributed by atoms with Crippen molar-refractivity contribution in [1.82, 2.24) is 14.8 Å². The number of fused-ring (bicyclic) bond motifs is 3. The van der Waals surface area contributed by atoms with Crippen molar-refractivity contribution in [3.63, 3.8) is 0 Å². The Morgan fingerprint density at radius 1 is 1.22 bits per heavy atom. The summed E-state index contributed by atoms with van der Waals surface area (Å²) in [4.78, 5) is 4.67. The summed E-state index contributed by atoms with van der Waals surface area (Å²) in [5.74, 6) is 1.46. The van der Waals surface area contributed by atoms with Crippen LogP contribution in [0.3, 0.4) is 0 Å². The highest BCUT2D eigenvalue weighted by molar-refractivity contribution is 6.35. The molecule has 0 radical (unpaired) electrons. The lowest BCUT2D eigenvalue weighted by Gasteiger charge is -2.14. The lowest BCUT2D eigenvalue weighted by Crippen LogP contribution is -2.11. The largest absolute Gasteiger partial charge is 0.491 e. The van der Waals surface area contributed by atoms with Crippen LogP contribution >= 0.6 is 11.6 Å². The second kappa shape index (κ2) is 6.96. The molecule has 1 aliphatic rings. The van der Waals surface area contributed by atoms with Crippen LogP contribution in [0.1, 0.15) is 29.7 Å². The molecule has 1 aromatic heterocycles. The molecule has 0 spiro atoms. The fraction of sp³-hybridized carbons (Fsp3) is 0.150. The molecule has 4 rings (SSSR count). The van der Waals surface area contributed by atoms with Crippen LogP contribution in [0, 0.1) is 5.82 Å². The van der Waals surface area contributed by atoms with E-state index in [-0.39, 0.29) is 19.0 Å². The molecule has 136 valence electrons. The fourth-order valence-corrected chi connectivity index (χ4v) is 3.25. The second-order valence-electron chi connectivity index (χ2n) is 6.16. The van der Waals surface area contributed by atoms with Gasteiger partial charge < -0.3 is 4.74 Å². The fourth-order valence-electron chi connectivity index (χ4n) is 3.03. The van der Waals surface area contributed by atoms with Crippen LogP contribution in [0.4, 0.5) is 4.39 Å². The SMILES string of the molecule is C=C(C)OCc1nnc2n1-c1ccc(F)cc1C(c1ccccc1Cl)=NC2. The maximum Gasteiger partial charge on any atom is 0.175 e. The van der Waals surface area contributed by atoms with E-state index in [1.807, 2.05) is 22.8 Å². The molecule has 3 aromatic rings. The average molecular weight is 383 g/mol. The summed E-state index contributed by atoms with van der Waals surface area (Å²) < 4.78 is 21.5. The van der Waals surface area contributed by atoms with Gasteiger partial charge in [-0.15, -0.1) is 10.2 Å². The Balaban J connectivity index is 1.90. The molecular formula is C20H16ClFN4O. The summed E-state index contributed by atoms with van der Waals surface area (Å²) in [5.41, 5.74) is 2.71. The number of aliphatic imine (C=N–C) groups is 1. The lowest BCUT2D eigenvalue weighted by atomic mass is 10.00. The van der Waals surface area contributed by atoms with Crippen molar-refractivity contribution in [2.45, 2.75) is 20.1 Å². The molecule has 0 amide bonds. The first kappa shape index (κ1) is 17.4. The highest BCUT2D eigenvalue weighted by Crippen LogP contribution is 2.29. The quantitative estimate of drug-likeness (QED) is 0.626. The van der Waals surface area contributed by atoms with E-state index in [0.717, 1.165) is 11.3 Å². The summed E-state index contributed by atoms with van der Waals surface area (Å²) in [5, 5.41) is 8.99. The minimum absolute atomic E-state index is 0.209. The van der Waals surface area contributed by atoms with Gasteiger partial charge in [0, 0.05) is 16.1 Å². The molecule has 2 aromatic carbocycles. The molecule has 0 bridgehead atoms. The van der Waals surface area contributed by atoms with E-state index in [1.165, 1.54) is 12.1 Å². The molecule has 2 heterocycles. The van der Waals surface area contributed by atoms with Gasteiger partial charge in [0.05, 0.1) is 17.2 Å². The molecular weight excluding hydrogens is 367 g/mol. The van der Waals surface area contributed by atoms with Crippen LogP contribution in [0.2, 0.25) is 5.02 Å². The molecule has 0 saturated carbocycles. The van der Waals surface area contributed by atoms with E-state index < -0.39 is 0 Å². The first-order valence-corrected chi connectivity index (χ1v) is 8.73. The molecule has 5 nitrogen and oxygen atoms in total. The number of rotatable bonds is 4. The van der Waals surface area contributed by atoms with Crippen LogP contribution < -0.4 is 0 Å². The van der Waals surface area contributed by atoms with Gasteiger partial charge in [0.1, 0.15) is 19.0 Å². The van der Waals surface area contributed by atoms with Crippen LogP contribution in [0.15, 0.2) is 59.8 Å². The number of halogens is 2. The van der Waals surface area contributed by atoms with Crippen molar-refractivity contribution < 1.29 is 9.13 Å². The molecule has 1 aliphatic heterocycles. The molecule has 0 saturated heterocycles. The minimum atomic E-state index is -0.357. The number of hydrogen-bond donors (Lipinski definition) is 0. The van der Waals surface area contributed by atoms with Crippen LogP contribution in [-0.4, -0.2) is 20.5 Å². The molecule has 7 heteroatoms. The molecule has 0 unspecified atom stereocenters. The van der Waals surface area contributed by atoms with Crippen LogP contribution in [-0.2, 0) is 17.9 Å². The predicted molar refractivity (Wildman–Crippen MR) is 102 cm³/mol. The Morgan fingerprint density at radius 2 is 2.04 bits per heavy atom. The van der Waals surface area contributed by atoms with Gasteiger partial charge in [0.2, 0.25) is 0 Å². The van der Waals surface area contributed by atoms with Gasteiger partial charge in [-0.3, -0.25) is 9.56 Å². The van der Waals surface area contributed by atoms with E-state index in [2.05, 4.69) is 21.8 Å². The summed E-state index contributed by atoms with van der Waals surface area (Å²) >= 11 is 6.38. The standard InChI is InChI=1S/C20H16ClFN4O/c1-12(2)27-11-19-25-24-18-10-23-20(14-5-3-4-6-16(14)21)15-9-13(22)7-8-17(15)26(18)19/h3-9H,1,10-11H2,2H3. The van der Waals surface area contributed by atoms with E-state index in [0.29, 0.717) is 33.7 Å². The normalized spacial score (nSPS) is 12.6. The maximum absolute atomic E-state index is 14.1. The summed E-state index contributed by atoms with van der Waals surface area (Å²) in [6.45, 7) is 6.00. The zero-order chi connectivity index (χ0) is 19.0. The molecule has 0 aliphatic carbocycles. The first-order chi connectivity index (χ1) is 13.0. The Kier molecular flexibility index (Phi) is 4.49. The van der Waals surface area contributed by atoms with Gasteiger partial charge in [0.15, 0.2) is 11.6 Å². The third-order valence-electron chi connectivity index (χ3n) is 4.21. The smallest absolute Gasteiger partial charge is 0.175 e. The Labute approximate surface area is 160 Å². The topological polar surface area (TPSA) is 52.3 Å². The van der Waals surface area contributed by atoms with Crippen molar-refractivity contribution in [2.24, 2.45) is 4.99 Å². The van der Waals surface area contributed by atoms with Gasteiger partial charge >= 0.3 is 0 Å². The van der Waals surface area contributed by atoms with Crippen molar-refractivity contribution >= 4 is 17.3 Å². The maximum atomic E-state index is 14.1. The molecule has 27 heavy (non-hydrogen) atoms. The third kappa shape index (κ3) is 3.24. The number of benzene rings is 2. The summed E-state index contributed by atoms with van der Waals surface area (Å²) in [6.07, 6.45) is 0. The number of aromatic nitrogens is 3. The highest BCUT2D eigenvalue weighted by atomic mass is 35.5. The highest BCUT2D eigenvalue weighted by Gasteiger charge is 2.24. The first-order valence-electron chi connectivity index (χ1n) is 8.35. The summed E-state index contributed by atoms with van der Waals surface area (Å²) in [6, 6.07) is 11.9. The summed E-state index contributed by atoms with van der Waals surface area (Å²) in [7, 11) is 0. The van der Waals surface area contributed by atoms with Crippen molar-refractivity contribution in [3.05, 3.63) is 88.4 Å². The number of allylic oxidation sites excluding steroid dienone is 1. The van der Waals surface area contributed by atoms with Crippen LogP contribution in [0.25, 0.3) is 5.69 Å². The monoisotopic (exact) mass is 382 g/mol. The van der Waals surface area contributed by atoms with Gasteiger partial charge in [0.25, 0.3) is 0 Å². The minimum Gasteiger partial charge on any atom is -0.491 e. The van der Waals surface area contributed by atoms with Crippen LogP contribution in [0.5, 0.6) is 0 Å². The lowest BCUT2D eigenvalue weighted by molar-refractivity contribution is 0.193. The molecule has 0 N–H and O–H groups in total. The van der Waals surface area contributed by atoms with E-state index in [4.69, 9.17) is 16.3 Å². The number of ether oxygens (including phenoxy) is 1. The molecule has 0 fully saturated rings. The number of nitrogens with zero attached hydrogens (tertiary/aromatic N) is 4. The van der Waals surface area contributed by atoms with E-state index in [1.54, 1.807) is 19.1 Å². The third-order valence-corrected chi connectivity index (χ3v) is 4.54.